The Morgan fingerprint density at radius 2 is 2.38 bits per heavy atom. The largest absolute Gasteiger partial charge is 0.354 e. The first-order chi connectivity index (χ1) is 9.70. The zero-order chi connectivity index (χ0) is 14.4. The van der Waals surface area contributed by atoms with Crippen molar-refractivity contribution in [3.63, 3.8) is 0 Å². The minimum Gasteiger partial charge on any atom is -0.354 e. The lowest BCUT2D eigenvalue weighted by atomic mass is 10.0. The smallest absolute Gasteiger partial charge is 0.237 e. The molecule has 1 saturated heterocycles. The highest BCUT2D eigenvalue weighted by molar-refractivity contribution is 7.09. The van der Waals surface area contributed by atoms with Crippen LogP contribution in [0, 0.1) is 0 Å². The molecule has 2 atom stereocenters. The molecule has 2 unspecified atom stereocenters. The minimum atomic E-state index is -0.0329. The Balaban J connectivity index is 0.00000220. The summed E-state index contributed by atoms with van der Waals surface area (Å²) in [6.45, 7) is 4.74. The van der Waals surface area contributed by atoms with Gasteiger partial charge in [-0.25, -0.2) is 0 Å². The summed E-state index contributed by atoms with van der Waals surface area (Å²) in [5, 5.41) is 8.45. The number of likely N-dealkylation sites (tertiary alicyclic amines) is 1. The van der Waals surface area contributed by atoms with Crippen molar-refractivity contribution in [1.82, 2.24) is 15.5 Å². The molecule has 0 radical (unpaired) electrons. The average Bonchev–Trinajstić information content (AvgIpc) is 2.99. The molecule has 1 aromatic heterocycles. The number of piperidine rings is 1. The maximum atomic E-state index is 12.2. The van der Waals surface area contributed by atoms with E-state index in [1.165, 1.54) is 17.7 Å². The number of hydrogen-bond acceptors (Lipinski definition) is 4. The second kappa shape index (κ2) is 9.41. The number of amides is 1. The summed E-state index contributed by atoms with van der Waals surface area (Å²) in [7, 11) is 2.00. The fraction of sp³-hybridized carbons (Fsp3) is 0.667. The van der Waals surface area contributed by atoms with Gasteiger partial charge in [-0.1, -0.05) is 6.07 Å². The predicted octanol–water partition coefficient (Wildman–Crippen LogP) is 1.90. The van der Waals surface area contributed by atoms with Crippen LogP contribution in [-0.4, -0.2) is 49.6 Å². The van der Waals surface area contributed by atoms with Gasteiger partial charge in [0.2, 0.25) is 5.91 Å². The maximum Gasteiger partial charge on any atom is 0.237 e. The van der Waals surface area contributed by atoms with Crippen LogP contribution in [0.2, 0.25) is 0 Å². The Bertz CT molecular complexity index is 413. The van der Waals surface area contributed by atoms with Crippen LogP contribution in [0.25, 0.3) is 0 Å². The van der Waals surface area contributed by atoms with Gasteiger partial charge < -0.3 is 10.6 Å². The second-order valence-electron chi connectivity index (χ2n) is 5.42. The van der Waals surface area contributed by atoms with Crippen LogP contribution < -0.4 is 10.6 Å². The number of thiophene rings is 1. The lowest BCUT2D eigenvalue weighted by Gasteiger charge is -2.35. The molecule has 1 aliphatic heterocycles. The first kappa shape index (κ1) is 18.4. The molecule has 2 heterocycles. The lowest BCUT2D eigenvalue weighted by molar-refractivity contribution is -0.126. The van der Waals surface area contributed by atoms with Crippen LogP contribution in [0.4, 0.5) is 0 Å². The molecule has 21 heavy (non-hydrogen) atoms. The average molecular weight is 332 g/mol. The van der Waals surface area contributed by atoms with Crippen LogP contribution in [0.1, 0.15) is 24.6 Å². The monoisotopic (exact) mass is 331 g/mol. The molecule has 4 nitrogen and oxygen atoms in total. The number of carbonyl (C=O) groups excluding carboxylic acids is 1. The summed E-state index contributed by atoms with van der Waals surface area (Å²) in [6, 6.07) is 4.65. The fourth-order valence-corrected chi connectivity index (χ4v) is 3.38. The molecule has 120 valence electrons. The lowest BCUT2D eigenvalue weighted by Crippen LogP contribution is -2.52. The summed E-state index contributed by atoms with van der Waals surface area (Å²) in [5.74, 6) is 0.151. The Morgan fingerprint density at radius 1 is 1.57 bits per heavy atom. The molecule has 2 N–H and O–H groups in total. The van der Waals surface area contributed by atoms with Crippen molar-refractivity contribution in [2.24, 2.45) is 0 Å². The van der Waals surface area contributed by atoms with E-state index in [1.54, 1.807) is 11.3 Å². The first-order valence-corrected chi connectivity index (χ1v) is 8.30. The third-order valence-electron chi connectivity index (χ3n) is 4.04. The van der Waals surface area contributed by atoms with Crippen LogP contribution in [0.15, 0.2) is 17.5 Å². The normalized spacial score (nSPS) is 20.6. The van der Waals surface area contributed by atoms with E-state index in [0.717, 1.165) is 26.1 Å². The Morgan fingerprint density at radius 3 is 3.05 bits per heavy atom. The zero-order valence-corrected chi connectivity index (χ0v) is 14.4. The van der Waals surface area contributed by atoms with Crippen LogP contribution in [0.5, 0.6) is 0 Å². The highest BCUT2D eigenvalue weighted by Crippen LogP contribution is 2.13. The number of nitrogens with one attached hydrogen (secondary N) is 2. The van der Waals surface area contributed by atoms with Gasteiger partial charge in [-0.05, 0) is 51.2 Å². The molecular formula is C15H26ClN3OS. The SMILES string of the molecule is CNC1CCCN(C(C)C(=O)NCCc2cccs2)C1.Cl. The van der Waals surface area contributed by atoms with Gasteiger partial charge in [0.05, 0.1) is 6.04 Å². The molecule has 0 saturated carbocycles. The summed E-state index contributed by atoms with van der Waals surface area (Å²) in [5.41, 5.74) is 0. The van der Waals surface area contributed by atoms with Gasteiger partial charge in [-0.3, -0.25) is 9.69 Å². The summed E-state index contributed by atoms with van der Waals surface area (Å²) >= 11 is 1.74. The topological polar surface area (TPSA) is 44.4 Å². The number of likely N-dealkylation sites (N-methyl/N-ethyl adjacent to an activating group) is 1. The first-order valence-electron chi connectivity index (χ1n) is 7.42. The molecule has 1 aromatic rings. The van der Waals surface area contributed by atoms with Crippen molar-refractivity contribution >= 4 is 29.7 Å². The van der Waals surface area contributed by atoms with Crippen molar-refractivity contribution in [1.29, 1.82) is 0 Å². The van der Waals surface area contributed by atoms with Gasteiger partial charge in [-0.2, -0.15) is 0 Å². The van der Waals surface area contributed by atoms with Crippen LogP contribution in [0.3, 0.4) is 0 Å². The fourth-order valence-electron chi connectivity index (χ4n) is 2.67. The summed E-state index contributed by atoms with van der Waals surface area (Å²) in [4.78, 5) is 15.8. The maximum absolute atomic E-state index is 12.2. The Labute approximate surface area is 137 Å². The van der Waals surface area contributed by atoms with Gasteiger partial charge in [-0.15, -0.1) is 23.7 Å². The summed E-state index contributed by atoms with van der Waals surface area (Å²) < 4.78 is 0. The van der Waals surface area contributed by atoms with Gasteiger partial charge in [0.1, 0.15) is 0 Å². The van der Waals surface area contributed by atoms with Gasteiger partial charge in [0.15, 0.2) is 0 Å². The minimum absolute atomic E-state index is 0. The second-order valence-corrected chi connectivity index (χ2v) is 6.45. The quantitative estimate of drug-likeness (QED) is 0.837. The zero-order valence-electron chi connectivity index (χ0n) is 12.8. The predicted molar refractivity (Wildman–Crippen MR) is 91.4 cm³/mol. The van der Waals surface area contributed by atoms with Crippen molar-refractivity contribution in [3.05, 3.63) is 22.4 Å². The van der Waals surface area contributed by atoms with Crippen molar-refractivity contribution in [2.75, 3.05) is 26.7 Å². The van der Waals surface area contributed by atoms with Crippen molar-refractivity contribution in [3.8, 4) is 0 Å². The van der Waals surface area contributed by atoms with E-state index in [4.69, 9.17) is 0 Å². The summed E-state index contributed by atoms with van der Waals surface area (Å²) in [6.07, 6.45) is 3.30. The molecule has 0 aliphatic carbocycles. The molecule has 1 aliphatic rings. The highest BCUT2D eigenvalue weighted by Gasteiger charge is 2.26. The molecule has 0 aromatic carbocycles. The Kier molecular flexibility index (Phi) is 8.26. The van der Waals surface area contributed by atoms with E-state index in [1.807, 2.05) is 14.0 Å². The standard InChI is InChI=1S/C15H25N3OS.ClH/c1-12(18-9-3-5-13(11-18)16-2)15(19)17-8-7-14-6-4-10-20-14;/h4,6,10,12-13,16H,3,5,7-9,11H2,1-2H3,(H,17,19);1H. The van der Waals surface area contributed by atoms with E-state index in [2.05, 4.69) is 33.0 Å². The van der Waals surface area contributed by atoms with Crippen LogP contribution >= 0.6 is 23.7 Å². The molecular weight excluding hydrogens is 306 g/mol. The number of halogens is 1. The van der Waals surface area contributed by atoms with E-state index in [0.29, 0.717) is 6.04 Å². The number of carbonyl (C=O) groups is 1. The third kappa shape index (κ3) is 5.58. The molecule has 0 spiro atoms. The van der Waals surface area contributed by atoms with Crippen molar-refractivity contribution < 1.29 is 4.79 Å². The molecule has 1 fully saturated rings. The van der Waals surface area contributed by atoms with Gasteiger partial charge in [0, 0.05) is 24.0 Å². The van der Waals surface area contributed by atoms with Gasteiger partial charge in [0.25, 0.3) is 0 Å². The molecule has 0 bridgehead atoms. The molecule has 2 rings (SSSR count). The number of nitrogens with zero attached hydrogens (tertiary/aromatic N) is 1. The third-order valence-corrected chi connectivity index (χ3v) is 4.98. The number of hydrogen-bond donors (Lipinski definition) is 2. The van der Waals surface area contributed by atoms with E-state index < -0.39 is 0 Å². The van der Waals surface area contributed by atoms with E-state index in [9.17, 15) is 4.79 Å². The van der Waals surface area contributed by atoms with Crippen molar-refractivity contribution in [2.45, 2.75) is 38.3 Å². The van der Waals surface area contributed by atoms with Gasteiger partial charge >= 0.3 is 0 Å². The van der Waals surface area contributed by atoms with E-state index >= 15 is 0 Å². The van der Waals surface area contributed by atoms with Crippen LogP contribution in [-0.2, 0) is 11.2 Å². The molecule has 1 amide bonds. The highest BCUT2D eigenvalue weighted by atomic mass is 35.5. The van der Waals surface area contributed by atoms with E-state index in [-0.39, 0.29) is 24.4 Å². The Hall–Kier alpha value is -0.620. The molecule has 6 heteroatoms. The number of rotatable bonds is 6.